The van der Waals surface area contributed by atoms with Gasteiger partial charge in [-0.25, -0.2) is 9.79 Å². The molecule has 0 N–H and O–H groups in total. The number of benzene rings is 2. The normalized spacial score (nSPS) is 15.0. The van der Waals surface area contributed by atoms with Gasteiger partial charge in [0.2, 0.25) is 5.90 Å². The van der Waals surface area contributed by atoms with Crippen LogP contribution in [-0.2, 0) is 16.6 Å². The lowest BCUT2D eigenvalue weighted by Gasteiger charge is -2.06. The van der Waals surface area contributed by atoms with E-state index >= 15 is 0 Å². The Balaban J connectivity index is 1.53. The monoisotopic (exact) mass is 345 g/mol. The highest BCUT2D eigenvalue weighted by molar-refractivity contribution is 6.12. The molecule has 1 aliphatic rings. The van der Waals surface area contributed by atoms with E-state index in [1.54, 1.807) is 35.3 Å². The molecule has 0 radical (unpaired) electrons. The number of nitrogens with zero attached hydrogens (tertiary/aromatic N) is 3. The van der Waals surface area contributed by atoms with Crippen molar-refractivity contribution in [1.82, 2.24) is 9.78 Å². The summed E-state index contributed by atoms with van der Waals surface area (Å²) in [5, 5.41) is 4.06. The lowest BCUT2D eigenvalue weighted by molar-refractivity contribution is -0.129. The van der Waals surface area contributed by atoms with Crippen LogP contribution in [-0.4, -0.2) is 21.6 Å². The fourth-order valence-electron chi connectivity index (χ4n) is 2.50. The minimum Gasteiger partial charge on any atom is -0.457 e. The summed E-state index contributed by atoms with van der Waals surface area (Å²) in [6.07, 6.45) is 5.10. The van der Waals surface area contributed by atoms with E-state index in [0.717, 1.165) is 11.3 Å². The third-order valence-electron chi connectivity index (χ3n) is 3.73. The molecule has 0 unspecified atom stereocenters. The van der Waals surface area contributed by atoms with Crippen LogP contribution in [0.1, 0.15) is 11.1 Å². The van der Waals surface area contributed by atoms with E-state index in [-0.39, 0.29) is 11.6 Å². The number of rotatable bonds is 4. The van der Waals surface area contributed by atoms with Crippen LogP contribution in [0.5, 0.6) is 11.5 Å². The van der Waals surface area contributed by atoms with E-state index in [2.05, 4.69) is 10.1 Å². The zero-order valence-corrected chi connectivity index (χ0v) is 14.0. The first kappa shape index (κ1) is 15.8. The van der Waals surface area contributed by atoms with Crippen LogP contribution in [0, 0.1) is 0 Å². The van der Waals surface area contributed by atoms with Crippen molar-refractivity contribution in [3.63, 3.8) is 0 Å². The molecule has 0 saturated heterocycles. The molecule has 6 heteroatoms. The molecule has 26 heavy (non-hydrogen) atoms. The van der Waals surface area contributed by atoms with Gasteiger partial charge in [0.15, 0.2) is 5.70 Å². The second kappa shape index (κ2) is 6.68. The van der Waals surface area contributed by atoms with Crippen molar-refractivity contribution in [3.8, 4) is 11.5 Å². The van der Waals surface area contributed by atoms with Gasteiger partial charge in [0.25, 0.3) is 0 Å². The van der Waals surface area contributed by atoms with E-state index in [9.17, 15) is 4.79 Å². The Morgan fingerprint density at radius 2 is 1.77 bits per heavy atom. The smallest absolute Gasteiger partial charge is 0.363 e. The molecule has 0 fully saturated rings. The standard InChI is InChI=1S/C20H15N3O3/c1-23-13-14(12-21-23)11-18-20(24)26-19(22-18)15-7-9-17(10-8-15)25-16-5-3-2-4-6-16/h2-13H,1H3/b18-11+. The van der Waals surface area contributed by atoms with E-state index in [1.165, 1.54) is 0 Å². The molecule has 2 aromatic carbocycles. The fourth-order valence-corrected chi connectivity index (χ4v) is 2.50. The molecule has 0 spiro atoms. The number of aliphatic imine (C=N–C) groups is 1. The van der Waals surface area contributed by atoms with Crippen molar-refractivity contribution in [2.45, 2.75) is 0 Å². The SMILES string of the molecule is Cn1cc(/C=C2/N=C(c3ccc(Oc4ccccc4)cc3)OC2=O)cn1. The molecular formula is C20H15N3O3. The van der Waals surface area contributed by atoms with Gasteiger partial charge in [0.05, 0.1) is 6.20 Å². The summed E-state index contributed by atoms with van der Waals surface area (Å²) in [7, 11) is 1.81. The van der Waals surface area contributed by atoms with Crippen molar-refractivity contribution in [3.05, 3.63) is 83.8 Å². The van der Waals surface area contributed by atoms with E-state index in [4.69, 9.17) is 9.47 Å². The van der Waals surface area contributed by atoms with Crippen molar-refractivity contribution < 1.29 is 14.3 Å². The number of para-hydroxylation sites is 1. The molecule has 1 aliphatic heterocycles. The fraction of sp³-hybridized carbons (Fsp3) is 0.0500. The summed E-state index contributed by atoms with van der Waals surface area (Å²) in [6, 6.07) is 16.7. The highest BCUT2D eigenvalue weighted by atomic mass is 16.6. The van der Waals surface area contributed by atoms with Gasteiger partial charge < -0.3 is 9.47 Å². The Labute approximate surface area is 150 Å². The maximum atomic E-state index is 12.0. The van der Waals surface area contributed by atoms with Crippen LogP contribution in [0.2, 0.25) is 0 Å². The number of ether oxygens (including phenoxy) is 2. The van der Waals surface area contributed by atoms with Gasteiger partial charge in [-0.15, -0.1) is 0 Å². The number of carbonyl (C=O) groups is 1. The van der Waals surface area contributed by atoms with Crippen LogP contribution < -0.4 is 4.74 Å². The van der Waals surface area contributed by atoms with Crippen molar-refractivity contribution in [2.24, 2.45) is 12.0 Å². The largest absolute Gasteiger partial charge is 0.457 e. The average molecular weight is 345 g/mol. The second-order valence-electron chi connectivity index (χ2n) is 5.72. The number of hydrogen-bond donors (Lipinski definition) is 0. The Kier molecular flexibility index (Phi) is 4.07. The minimum absolute atomic E-state index is 0.248. The highest BCUT2D eigenvalue weighted by Crippen LogP contribution is 2.23. The highest BCUT2D eigenvalue weighted by Gasteiger charge is 2.24. The first-order chi connectivity index (χ1) is 12.7. The van der Waals surface area contributed by atoms with Crippen LogP contribution in [0.15, 0.2) is 77.7 Å². The van der Waals surface area contributed by atoms with E-state index in [0.29, 0.717) is 11.3 Å². The zero-order chi connectivity index (χ0) is 17.9. The first-order valence-electron chi connectivity index (χ1n) is 8.02. The zero-order valence-electron chi connectivity index (χ0n) is 14.0. The number of esters is 1. The lowest BCUT2D eigenvalue weighted by atomic mass is 10.2. The number of cyclic esters (lactones) is 1. The summed E-state index contributed by atoms with van der Waals surface area (Å²) in [6.45, 7) is 0. The van der Waals surface area contributed by atoms with Crippen molar-refractivity contribution in [2.75, 3.05) is 0 Å². The number of hydrogen-bond acceptors (Lipinski definition) is 5. The summed E-state index contributed by atoms with van der Waals surface area (Å²) in [4.78, 5) is 16.3. The third kappa shape index (κ3) is 3.39. The Morgan fingerprint density at radius 1 is 1.04 bits per heavy atom. The van der Waals surface area contributed by atoms with Crippen LogP contribution in [0.25, 0.3) is 6.08 Å². The number of aryl methyl sites for hydroxylation is 1. The second-order valence-corrected chi connectivity index (χ2v) is 5.72. The Hall–Kier alpha value is -3.67. The maximum absolute atomic E-state index is 12.0. The van der Waals surface area contributed by atoms with Crippen molar-refractivity contribution >= 4 is 17.9 Å². The molecular weight excluding hydrogens is 330 g/mol. The lowest BCUT2D eigenvalue weighted by Crippen LogP contribution is -2.05. The predicted octanol–water partition coefficient (Wildman–Crippen LogP) is 3.56. The van der Waals surface area contributed by atoms with Crippen molar-refractivity contribution in [1.29, 1.82) is 0 Å². The average Bonchev–Trinajstić information content (AvgIpc) is 3.23. The first-order valence-corrected chi connectivity index (χ1v) is 8.02. The summed E-state index contributed by atoms with van der Waals surface area (Å²) >= 11 is 0. The summed E-state index contributed by atoms with van der Waals surface area (Å²) in [5.41, 5.74) is 1.74. The molecule has 128 valence electrons. The summed E-state index contributed by atoms with van der Waals surface area (Å²) < 4.78 is 12.7. The van der Waals surface area contributed by atoms with E-state index in [1.807, 2.05) is 49.5 Å². The van der Waals surface area contributed by atoms with Gasteiger partial charge in [-0.2, -0.15) is 5.10 Å². The molecule has 0 aliphatic carbocycles. The van der Waals surface area contributed by atoms with Gasteiger partial charge in [0.1, 0.15) is 11.5 Å². The molecule has 0 bridgehead atoms. The summed E-state index contributed by atoms with van der Waals surface area (Å²) in [5.74, 6) is 1.24. The number of aromatic nitrogens is 2. The van der Waals surface area contributed by atoms with Crippen LogP contribution in [0.3, 0.4) is 0 Å². The Bertz CT molecular complexity index is 1000. The van der Waals surface area contributed by atoms with Gasteiger partial charge in [-0.3, -0.25) is 4.68 Å². The van der Waals surface area contributed by atoms with Gasteiger partial charge in [-0.05, 0) is 42.5 Å². The van der Waals surface area contributed by atoms with Gasteiger partial charge in [0, 0.05) is 24.4 Å². The van der Waals surface area contributed by atoms with E-state index < -0.39 is 5.97 Å². The molecule has 0 saturated carbocycles. The molecule has 0 amide bonds. The molecule has 6 nitrogen and oxygen atoms in total. The maximum Gasteiger partial charge on any atom is 0.363 e. The van der Waals surface area contributed by atoms with Crippen LogP contribution >= 0.6 is 0 Å². The molecule has 1 aromatic heterocycles. The third-order valence-corrected chi connectivity index (χ3v) is 3.73. The quantitative estimate of drug-likeness (QED) is 0.536. The minimum atomic E-state index is -0.478. The molecule has 3 aromatic rings. The molecule has 4 rings (SSSR count). The predicted molar refractivity (Wildman–Crippen MR) is 96.8 cm³/mol. The van der Waals surface area contributed by atoms with Gasteiger partial charge in [-0.1, -0.05) is 18.2 Å². The Morgan fingerprint density at radius 3 is 2.46 bits per heavy atom. The molecule has 0 atom stereocenters. The van der Waals surface area contributed by atoms with Gasteiger partial charge >= 0.3 is 5.97 Å². The van der Waals surface area contributed by atoms with Crippen LogP contribution in [0.4, 0.5) is 0 Å². The molecule has 2 heterocycles. The topological polar surface area (TPSA) is 65.7 Å². The number of carbonyl (C=O) groups excluding carboxylic acids is 1.